The van der Waals surface area contributed by atoms with E-state index in [4.69, 9.17) is 5.26 Å². The van der Waals surface area contributed by atoms with Crippen molar-refractivity contribution in [2.75, 3.05) is 0 Å². The van der Waals surface area contributed by atoms with Crippen LogP contribution in [0.4, 0.5) is 8.78 Å². The molecule has 74 valence electrons. The smallest absolute Gasteiger partial charge is 0.255 e. The van der Waals surface area contributed by atoms with Crippen LogP contribution in [0.15, 0.2) is 12.3 Å². The van der Waals surface area contributed by atoms with Gasteiger partial charge in [0, 0.05) is 11.5 Å². The second-order valence-electron chi connectivity index (χ2n) is 2.65. The van der Waals surface area contributed by atoms with Crippen molar-refractivity contribution in [3.05, 3.63) is 29.1 Å². The van der Waals surface area contributed by atoms with E-state index < -0.39 is 6.43 Å². The summed E-state index contributed by atoms with van der Waals surface area (Å²) >= 11 is 3.18. The van der Waals surface area contributed by atoms with Crippen LogP contribution in [0.5, 0.6) is 0 Å². The standard InChI is InChI=1S/C9H7BrF2N2/c10-4-7-3-8(9(11)12)14-5-6(7)1-2-13/h3,5,9H,1,4H2. The second-order valence-corrected chi connectivity index (χ2v) is 3.21. The van der Waals surface area contributed by atoms with Gasteiger partial charge in [0.25, 0.3) is 6.43 Å². The summed E-state index contributed by atoms with van der Waals surface area (Å²) < 4.78 is 24.5. The number of hydrogen-bond donors (Lipinski definition) is 0. The molecule has 0 radical (unpaired) electrons. The van der Waals surface area contributed by atoms with Crippen LogP contribution in [-0.2, 0) is 11.8 Å². The fourth-order valence-corrected chi connectivity index (χ4v) is 1.55. The zero-order valence-corrected chi connectivity index (χ0v) is 8.76. The van der Waals surface area contributed by atoms with Crippen LogP contribution in [0.25, 0.3) is 0 Å². The molecule has 0 unspecified atom stereocenters. The molecule has 1 aromatic rings. The lowest BCUT2D eigenvalue weighted by atomic mass is 10.1. The van der Waals surface area contributed by atoms with Crippen molar-refractivity contribution in [1.29, 1.82) is 5.26 Å². The van der Waals surface area contributed by atoms with Gasteiger partial charge in [-0.05, 0) is 17.2 Å². The van der Waals surface area contributed by atoms with Crippen LogP contribution in [-0.4, -0.2) is 4.98 Å². The summed E-state index contributed by atoms with van der Waals surface area (Å²) in [4.78, 5) is 3.58. The maximum Gasteiger partial charge on any atom is 0.280 e. The van der Waals surface area contributed by atoms with Gasteiger partial charge in [-0.25, -0.2) is 8.78 Å². The van der Waals surface area contributed by atoms with Crippen LogP contribution in [0.1, 0.15) is 23.2 Å². The molecule has 0 bridgehead atoms. The Morgan fingerprint density at radius 2 is 2.21 bits per heavy atom. The predicted molar refractivity (Wildman–Crippen MR) is 51.1 cm³/mol. The average molecular weight is 261 g/mol. The first-order valence-corrected chi connectivity index (χ1v) is 5.00. The predicted octanol–water partition coefficient (Wildman–Crippen LogP) is 2.98. The highest BCUT2D eigenvalue weighted by atomic mass is 79.9. The first-order valence-electron chi connectivity index (χ1n) is 3.87. The summed E-state index contributed by atoms with van der Waals surface area (Å²) in [6.07, 6.45) is -1.04. The maximum absolute atomic E-state index is 12.3. The van der Waals surface area contributed by atoms with E-state index in [1.54, 1.807) is 0 Å². The molecule has 5 heteroatoms. The summed E-state index contributed by atoms with van der Waals surface area (Å²) in [5.41, 5.74) is 1.13. The van der Waals surface area contributed by atoms with Gasteiger partial charge in [0.2, 0.25) is 0 Å². The molecule has 2 nitrogen and oxygen atoms in total. The fourth-order valence-electron chi connectivity index (χ4n) is 1.03. The third kappa shape index (κ3) is 2.48. The van der Waals surface area contributed by atoms with Gasteiger partial charge in [-0.2, -0.15) is 5.26 Å². The number of halogens is 3. The molecule has 1 aromatic heterocycles. The minimum Gasteiger partial charge on any atom is -0.255 e. The minimum atomic E-state index is -2.57. The normalized spacial score (nSPS) is 10.2. The molecule has 0 aliphatic carbocycles. The van der Waals surface area contributed by atoms with Crippen LogP contribution in [0, 0.1) is 11.3 Å². The van der Waals surface area contributed by atoms with Crippen molar-refractivity contribution in [2.45, 2.75) is 18.2 Å². The van der Waals surface area contributed by atoms with Crippen molar-refractivity contribution in [2.24, 2.45) is 0 Å². The minimum absolute atomic E-state index is 0.192. The molecule has 0 atom stereocenters. The van der Waals surface area contributed by atoms with Crippen molar-refractivity contribution in [3.63, 3.8) is 0 Å². The Kier molecular flexibility index (Phi) is 3.96. The summed E-state index contributed by atoms with van der Waals surface area (Å²) in [6, 6.07) is 3.28. The Bertz CT molecular complexity index is 360. The molecule has 0 spiro atoms. The van der Waals surface area contributed by atoms with E-state index in [9.17, 15) is 8.78 Å². The van der Waals surface area contributed by atoms with E-state index in [0.717, 1.165) is 0 Å². The molecule has 0 saturated heterocycles. The Labute approximate surface area is 88.7 Å². The SMILES string of the molecule is N#CCc1cnc(C(F)F)cc1CBr. The van der Waals surface area contributed by atoms with E-state index in [1.807, 2.05) is 6.07 Å². The van der Waals surface area contributed by atoms with E-state index in [-0.39, 0.29) is 12.1 Å². The highest BCUT2D eigenvalue weighted by molar-refractivity contribution is 9.08. The average Bonchev–Trinajstić information content (AvgIpc) is 2.18. The number of nitriles is 1. The van der Waals surface area contributed by atoms with Crippen molar-refractivity contribution < 1.29 is 8.78 Å². The Morgan fingerprint density at radius 1 is 1.50 bits per heavy atom. The van der Waals surface area contributed by atoms with E-state index >= 15 is 0 Å². The van der Waals surface area contributed by atoms with Gasteiger partial charge in [-0.15, -0.1) is 0 Å². The Hall–Kier alpha value is -1.02. The Morgan fingerprint density at radius 3 is 2.71 bits per heavy atom. The largest absolute Gasteiger partial charge is 0.280 e. The van der Waals surface area contributed by atoms with Gasteiger partial charge in [0.05, 0.1) is 12.5 Å². The van der Waals surface area contributed by atoms with Crippen molar-refractivity contribution in [1.82, 2.24) is 4.98 Å². The number of nitrogens with zero attached hydrogens (tertiary/aromatic N) is 2. The maximum atomic E-state index is 12.3. The van der Waals surface area contributed by atoms with E-state index in [1.165, 1.54) is 12.3 Å². The van der Waals surface area contributed by atoms with E-state index in [0.29, 0.717) is 16.5 Å². The van der Waals surface area contributed by atoms with Gasteiger partial charge < -0.3 is 0 Å². The number of aromatic nitrogens is 1. The van der Waals surface area contributed by atoms with Gasteiger partial charge >= 0.3 is 0 Å². The quantitative estimate of drug-likeness (QED) is 0.784. The number of rotatable bonds is 3. The van der Waals surface area contributed by atoms with Gasteiger partial charge in [-0.3, -0.25) is 4.98 Å². The molecule has 0 aromatic carbocycles. The molecular formula is C9H7BrF2N2. The lowest BCUT2D eigenvalue weighted by Gasteiger charge is -2.05. The summed E-state index contributed by atoms with van der Waals surface area (Å²) in [5, 5.41) is 8.93. The van der Waals surface area contributed by atoms with Crippen LogP contribution >= 0.6 is 15.9 Å². The lowest BCUT2D eigenvalue weighted by molar-refractivity contribution is 0.146. The zero-order chi connectivity index (χ0) is 10.6. The Balaban J connectivity index is 3.06. The third-order valence-corrected chi connectivity index (χ3v) is 2.35. The molecule has 0 aliphatic rings. The molecule has 0 amide bonds. The topological polar surface area (TPSA) is 36.7 Å². The van der Waals surface area contributed by atoms with E-state index in [2.05, 4.69) is 20.9 Å². The molecule has 1 heterocycles. The highest BCUT2D eigenvalue weighted by Crippen LogP contribution is 2.21. The number of alkyl halides is 3. The molecule has 14 heavy (non-hydrogen) atoms. The highest BCUT2D eigenvalue weighted by Gasteiger charge is 2.11. The van der Waals surface area contributed by atoms with Crippen LogP contribution < -0.4 is 0 Å². The van der Waals surface area contributed by atoms with Crippen molar-refractivity contribution in [3.8, 4) is 6.07 Å². The zero-order valence-electron chi connectivity index (χ0n) is 7.17. The molecule has 0 fully saturated rings. The molecule has 0 N–H and O–H groups in total. The van der Waals surface area contributed by atoms with Crippen LogP contribution in [0.2, 0.25) is 0 Å². The summed E-state index contributed by atoms with van der Waals surface area (Å²) in [6.45, 7) is 0. The second kappa shape index (κ2) is 5.01. The lowest BCUT2D eigenvalue weighted by Crippen LogP contribution is -1.97. The summed E-state index contributed by atoms with van der Waals surface area (Å²) in [7, 11) is 0. The first kappa shape index (κ1) is 11.1. The number of hydrogen-bond acceptors (Lipinski definition) is 2. The van der Waals surface area contributed by atoms with Crippen LogP contribution in [0.3, 0.4) is 0 Å². The fraction of sp³-hybridized carbons (Fsp3) is 0.333. The van der Waals surface area contributed by atoms with Gasteiger partial charge in [0.1, 0.15) is 5.69 Å². The van der Waals surface area contributed by atoms with Gasteiger partial charge in [0.15, 0.2) is 0 Å². The van der Waals surface area contributed by atoms with Gasteiger partial charge in [-0.1, -0.05) is 15.9 Å². The number of pyridine rings is 1. The first-order chi connectivity index (χ1) is 6.69. The third-order valence-electron chi connectivity index (χ3n) is 1.74. The molecule has 0 saturated carbocycles. The monoisotopic (exact) mass is 260 g/mol. The molecule has 1 rings (SSSR count). The van der Waals surface area contributed by atoms with Crippen molar-refractivity contribution >= 4 is 15.9 Å². The molecule has 0 aliphatic heterocycles. The molecular weight excluding hydrogens is 254 g/mol. The summed E-state index contributed by atoms with van der Waals surface area (Å²) in [5.74, 6) is 0.